The average Bonchev–Trinajstić information content (AvgIpc) is 3.29. The van der Waals surface area contributed by atoms with Crippen LogP contribution in [0.4, 0.5) is 14.6 Å². The van der Waals surface area contributed by atoms with Crippen LogP contribution in [0.15, 0.2) is 35.5 Å². The fourth-order valence-corrected chi connectivity index (χ4v) is 6.40. The Balaban J connectivity index is 0.00000387. The molecule has 1 saturated heterocycles. The number of carbonyl (C=O) groups is 1. The van der Waals surface area contributed by atoms with E-state index in [2.05, 4.69) is 21.8 Å². The zero-order valence-corrected chi connectivity index (χ0v) is 25.6. The Morgan fingerprint density at radius 3 is 2.46 bits per heavy atom. The van der Waals surface area contributed by atoms with Gasteiger partial charge in [-0.3, -0.25) is 9.48 Å². The normalized spacial score (nSPS) is 22.7. The molecule has 1 unspecified atom stereocenters. The summed E-state index contributed by atoms with van der Waals surface area (Å²) in [4.78, 5) is 20.1. The number of carbonyl (C=O) groups excluding carboxylic acids is 1. The van der Waals surface area contributed by atoms with Gasteiger partial charge in [0.2, 0.25) is 5.88 Å². The van der Waals surface area contributed by atoms with Crippen LogP contribution >= 0.6 is 13.5 Å². The van der Waals surface area contributed by atoms with Gasteiger partial charge in [-0.25, -0.2) is 31.6 Å². The van der Waals surface area contributed by atoms with Gasteiger partial charge in [-0.05, 0) is 45.2 Å². The molecule has 41 heavy (non-hydrogen) atoms. The van der Waals surface area contributed by atoms with Gasteiger partial charge in [0.05, 0.1) is 22.9 Å². The Hall–Kier alpha value is -3.20. The molecular weight excluding hydrogens is 576 g/mol. The van der Waals surface area contributed by atoms with Crippen LogP contribution in [0.25, 0.3) is 5.82 Å². The number of halogens is 2. The minimum Gasteiger partial charge on any atom is -0.476 e. The Morgan fingerprint density at radius 2 is 1.90 bits per heavy atom. The van der Waals surface area contributed by atoms with E-state index in [0.29, 0.717) is 29.8 Å². The van der Waals surface area contributed by atoms with Crippen LogP contribution in [0.1, 0.15) is 56.6 Å². The Labute approximate surface area is 244 Å². The SMILES string of the molecule is Cc1c(S(=O)(=O)NC(=O)c2ccc(-n3ccc(OCC4(C)CC4(F)F)n3)nc2N2C[C@@H](C)CC2(C)C)cnn1C.S. The quantitative estimate of drug-likeness (QED) is 0.410. The number of nitrogens with one attached hydrogen (secondary N) is 1. The number of sulfonamides is 1. The van der Waals surface area contributed by atoms with Crippen molar-refractivity contribution in [3.8, 4) is 11.7 Å². The van der Waals surface area contributed by atoms with Gasteiger partial charge in [-0.1, -0.05) is 13.8 Å². The molecule has 2 fully saturated rings. The van der Waals surface area contributed by atoms with Gasteiger partial charge in [0.15, 0.2) is 5.82 Å². The maximum Gasteiger partial charge on any atom is 0.268 e. The number of rotatable bonds is 8. The maximum absolute atomic E-state index is 13.6. The topological polar surface area (TPSA) is 124 Å². The molecular formula is C26H35F2N7O4S2. The van der Waals surface area contributed by atoms with Gasteiger partial charge in [-0.2, -0.15) is 18.6 Å². The molecule has 0 bridgehead atoms. The monoisotopic (exact) mass is 611 g/mol. The first-order valence-corrected chi connectivity index (χ1v) is 14.4. The number of amides is 1. The third-order valence-corrected chi connectivity index (χ3v) is 9.28. The van der Waals surface area contributed by atoms with Crippen LogP contribution in [0.3, 0.4) is 0 Å². The number of hydrogen-bond acceptors (Lipinski definition) is 8. The van der Waals surface area contributed by atoms with E-state index < -0.39 is 27.3 Å². The van der Waals surface area contributed by atoms with Crippen molar-refractivity contribution in [3.05, 3.63) is 41.9 Å². The number of aromatic nitrogens is 5. The smallest absolute Gasteiger partial charge is 0.268 e. The second-order valence-electron chi connectivity index (χ2n) is 11.8. The van der Waals surface area contributed by atoms with E-state index in [-0.39, 0.29) is 48.4 Å². The molecule has 3 aromatic rings. The van der Waals surface area contributed by atoms with E-state index >= 15 is 0 Å². The molecule has 0 spiro atoms. The fraction of sp³-hybridized carbons (Fsp3) is 0.538. The van der Waals surface area contributed by atoms with E-state index in [1.54, 1.807) is 32.3 Å². The van der Waals surface area contributed by atoms with E-state index in [0.717, 1.165) is 6.42 Å². The van der Waals surface area contributed by atoms with Gasteiger partial charge in [0.1, 0.15) is 17.3 Å². The van der Waals surface area contributed by atoms with Crippen molar-refractivity contribution in [3.63, 3.8) is 0 Å². The maximum atomic E-state index is 13.6. The number of nitrogens with zero attached hydrogens (tertiary/aromatic N) is 6. The molecule has 0 radical (unpaired) electrons. The van der Waals surface area contributed by atoms with E-state index in [1.807, 2.05) is 18.7 Å². The van der Waals surface area contributed by atoms with Crippen molar-refractivity contribution in [1.29, 1.82) is 0 Å². The highest BCUT2D eigenvalue weighted by atomic mass is 32.2. The lowest BCUT2D eigenvalue weighted by Crippen LogP contribution is -2.41. The lowest BCUT2D eigenvalue weighted by atomic mass is 9.97. The molecule has 2 atom stereocenters. The molecule has 4 heterocycles. The van der Waals surface area contributed by atoms with Crippen LogP contribution in [0.2, 0.25) is 0 Å². The lowest BCUT2D eigenvalue weighted by Gasteiger charge is -2.34. The van der Waals surface area contributed by atoms with Gasteiger partial charge < -0.3 is 9.64 Å². The molecule has 1 aliphatic heterocycles. The van der Waals surface area contributed by atoms with Crippen molar-refractivity contribution in [1.82, 2.24) is 29.3 Å². The zero-order chi connectivity index (χ0) is 29.3. The van der Waals surface area contributed by atoms with Gasteiger partial charge in [-0.15, -0.1) is 5.10 Å². The highest BCUT2D eigenvalue weighted by Crippen LogP contribution is 2.60. The Morgan fingerprint density at radius 1 is 1.22 bits per heavy atom. The van der Waals surface area contributed by atoms with Gasteiger partial charge >= 0.3 is 0 Å². The zero-order valence-electron chi connectivity index (χ0n) is 23.8. The van der Waals surface area contributed by atoms with Crippen molar-refractivity contribution < 1.29 is 26.7 Å². The molecule has 1 N–H and O–H groups in total. The predicted molar refractivity (Wildman–Crippen MR) is 153 cm³/mol. The molecule has 2 aliphatic rings. The first-order chi connectivity index (χ1) is 18.5. The highest BCUT2D eigenvalue weighted by Gasteiger charge is 2.68. The number of hydrogen-bond donors (Lipinski definition) is 1. The van der Waals surface area contributed by atoms with Gasteiger partial charge in [0, 0.05) is 37.8 Å². The van der Waals surface area contributed by atoms with E-state index in [9.17, 15) is 22.0 Å². The summed E-state index contributed by atoms with van der Waals surface area (Å²) < 4.78 is 63.7. The summed E-state index contributed by atoms with van der Waals surface area (Å²) in [7, 11) is -2.58. The third kappa shape index (κ3) is 5.65. The summed E-state index contributed by atoms with van der Waals surface area (Å²) in [5, 5.41) is 8.29. The molecule has 1 amide bonds. The molecule has 15 heteroatoms. The number of alkyl halides is 2. The van der Waals surface area contributed by atoms with Crippen molar-refractivity contribution in [2.45, 2.75) is 63.8 Å². The first kappa shape index (κ1) is 30.8. The molecule has 5 rings (SSSR count). The summed E-state index contributed by atoms with van der Waals surface area (Å²) in [6, 6.07) is 4.60. The highest BCUT2D eigenvalue weighted by molar-refractivity contribution is 7.90. The number of aryl methyl sites for hydroxylation is 1. The van der Waals surface area contributed by atoms with E-state index in [4.69, 9.17) is 9.72 Å². The number of anilines is 1. The number of ether oxygens (including phenoxy) is 1. The van der Waals surface area contributed by atoms with Crippen LogP contribution in [-0.4, -0.2) is 63.5 Å². The predicted octanol–water partition coefficient (Wildman–Crippen LogP) is 3.59. The molecule has 11 nitrogen and oxygen atoms in total. The van der Waals surface area contributed by atoms with Crippen molar-refractivity contribution in [2.75, 3.05) is 18.1 Å². The summed E-state index contributed by atoms with van der Waals surface area (Å²) >= 11 is 0. The Bertz CT molecular complexity index is 1590. The van der Waals surface area contributed by atoms with Gasteiger partial charge in [0.25, 0.3) is 21.9 Å². The average molecular weight is 612 g/mol. The van der Waals surface area contributed by atoms with Crippen LogP contribution in [-0.2, 0) is 17.1 Å². The minimum atomic E-state index is -4.19. The number of pyridine rings is 1. The lowest BCUT2D eigenvalue weighted by molar-refractivity contribution is 0.0489. The van der Waals surface area contributed by atoms with Crippen LogP contribution < -0.4 is 14.4 Å². The van der Waals surface area contributed by atoms with Crippen molar-refractivity contribution >= 4 is 35.2 Å². The third-order valence-electron chi connectivity index (χ3n) is 7.85. The molecule has 1 saturated carbocycles. The fourth-order valence-electron chi connectivity index (χ4n) is 5.23. The molecule has 3 aromatic heterocycles. The molecule has 0 aromatic carbocycles. The molecule has 224 valence electrons. The van der Waals surface area contributed by atoms with E-state index in [1.165, 1.54) is 28.6 Å². The summed E-state index contributed by atoms with van der Waals surface area (Å²) in [6.45, 7) is 9.68. The van der Waals surface area contributed by atoms with Crippen LogP contribution in [0, 0.1) is 18.3 Å². The second kappa shape index (κ2) is 10.3. The standard InChI is InChI=1S/C26H33F2N7O4S.H2S/c1-16-11-24(3,4)34(13-16)22-18(23(36)32-40(37,38)19-12-29-33(6)17(19)2)7-8-20(30-22)35-10-9-21(31-35)39-15-25(5)14-26(25,27)28;/h7-10,12,16H,11,13-15H2,1-6H3,(H,32,36);1H2/t16-,25?;/m0./s1. The first-order valence-electron chi connectivity index (χ1n) is 12.9. The summed E-state index contributed by atoms with van der Waals surface area (Å²) in [5.74, 6) is -2.43. The summed E-state index contributed by atoms with van der Waals surface area (Å²) in [5.41, 5.74) is -1.09. The summed E-state index contributed by atoms with van der Waals surface area (Å²) in [6.07, 6.45) is 3.40. The second-order valence-corrected chi connectivity index (χ2v) is 13.4. The molecule has 1 aliphatic carbocycles. The minimum absolute atomic E-state index is 0. The van der Waals surface area contributed by atoms with Crippen LogP contribution in [0.5, 0.6) is 5.88 Å². The largest absolute Gasteiger partial charge is 0.476 e. The Kier molecular flexibility index (Phi) is 7.70. The van der Waals surface area contributed by atoms with Crippen molar-refractivity contribution in [2.24, 2.45) is 18.4 Å².